The van der Waals surface area contributed by atoms with Crippen LogP contribution < -0.4 is 10.2 Å². The van der Waals surface area contributed by atoms with Crippen LogP contribution >= 0.6 is 11.8 Å². The Balaban J connectivity index is 1.16. The van der Waals surface area contributed by atoms with Gasteiger partial charge in [-0.3, -0.25) is 14.4 Å². The SMILES string of the molecule is O=C(CC1SC(N2CCCCC2)=NC1=O)Nc1ccc(C(=O)N2CCc3ccccc32)cc1. The first-order chi connectivity index (χ1) is 16.1. The summed E-state index contributed by atoms with van der Waals surface area (Å²) in [5.41, 5.74) is 3.32. The minimum absolute atomic E-state index is 0.0480. The van der Waals surface area contributed by atoms with Gasteiger partial charge in [0.05, 0.1) is 0 Å². The number of benzene rings is 2. The number of thioether (sulfide) groups is 1. The molecule has 0 saturated carbocycles. The zero-order valence-corrected chi connectivity index (χ0v) is 19.1. The van der Waals surface area contributed by atoms with E-state index in [2.05, 4.69) is 21.3 Å². The lowest BCUT2D eigenvalue weighted by atomic mass is 10.1. The average molecular weight is 463 g/mol. The van der Waals surface area contributed by atoms with E-state index in [9.17, 15) is 14.4 Å². The van der Waals surface area contributed by atoms with E-state index in [0.717, 1.165) is 43.2 Å². The Labute approximate surface area is 197 Å². The van der Waals surface area contributed by atoms with Gasteiger partial charge >= 0.3 is 0 Å². The summed E-state index contributed by atoms with van der Waals surface area (Å²) in [6, 6.07) is 14.9. The lowest BCUT2D eigenvalue weighted by Gasteiger charge is -2.27. The van der Waals surface area contributed by atoms with E-state index in [0.29, 0.717) is 17.8 Å². The molecule has 1 unspecified atom stereocenters. The summed E-state index contributed by atoms with van der Waals surface area (Å²) >= 11 is 1.39. The highest BCUT2D eigenvalue weighted by atomic mass is 32.2. The van der Waals surface area contributed by atoms with Crippen LogP contribution in [-0.4, -0.2) is 52.7 Å². The number of fused-ring (bicyclic) bond motifs is 1. The third-order valence-corrected chi connectivity index (χ3v) is 7.49. The summed E-state index contributed by atoms with van der Waals surface area (Å²) < 4.78 is 0. The predicted molar refractivity (Wildman–Crippen MR) is 131 cm³/mol. The molecule has 0 bridgehead atoms. The number of amides is 3. The number of para-hydroxylation sites is 1. The van der Waals surface area contributed by atoms with Crippen LogP contribution in [0.25, 0.3) is 0 Å². The van der Waals surface area contributed by atoms with Crippen LogP contribution in [0.4, 0.5) is 11.4 Å². The number of likely N-dealkylation sites (tertiary alicyclic amines) is 1. The van der Waals surface area contributed by atoms with Crippen molar-refractivity contribution in [3.8, 4) is 0 Å². The van der Waals surface area contributed by atoms with Crippen LogP contribution in [0.3, 0.4) is 0 Å². The zero-order chi connectivity index (χ0) is 22.8. The van der Waals surface area contributed by atoms with Gasteiger partial charge in [0.1, 0.15) is 5.25 Å². The largest absolute Gasteiger partial charge is 0.351 e. The Bertz CT molecular complexity index is 1110. The lowest BCUT2D eigenvalue weighted by molar-refractivity contribution is -0.121. The molecule has 1 fully saturated rings. The van der Waals surface area contributed by atoms with E-state index in [1.807, 2.05) is 18.2 Å². The lowest BCUT2D eigenvalue weighted by Crippen LogP contribution is -2.33. The van der Waals surface area contributed by atoms with E-state index in [1.165, 1.54) is 23.7 Å². The Morgan fingerprint density at radius 2 is 1.76 bits per heavy atom. The van der Waals surface area contributed by atoms with Gasteiger partial charge in [-0.05, 0) is 61.6 Å². The summed E-state index contributed by atoms with van der Waals surface area (Å²) in [6.07, 6.45) is 4.38. The number of carbonyl (C=O) groups is 3. The number of anilines is 2. The van der Waals surface area contributed by atoms with E-state index in [4.69, 9.17) is 0 Å². The van der Waals surface area contributed by atoms with Crippen molar-refractivity contribution in [2.75, 3.05) is 29.9 Å². The fourth-order valence-electron chi connectivity index (χ4n) is 4.51. The van der Waals surface area contributed by atoms with Crippen molar-refractivity contribution in [1.82, 2.24) is 4.90 Å². The number of aliphatic imine (C=N–C) groups is 1. The first-order valence-corrected chi connectivity index (χ1v) is 12.3. The minimum Gasteiger partial charge on any atom is -0.351 e. The second kappa shape index (κ2) is 9.39. The molecular weight excluding hydrogens is 436 g/mol. The highest BCUT2D eigenvalue weighted by molar-refractivity contribution is 8.15. The first-order valence-electron chi connectivity index (χ1n) is 11.4. The third-order valence-electron chi connectivity index (χ3n) is 6.27. The number of hydrogen-bond donors (Lipinski definition) is 1. The number of nitrogens with zero attached hydrogens (tertiary/aromatic N) is 3. The summed E-state index contributed by atoms with van der Waals surface area (Å²) in [5, 5.41) is 3.12. The quantitative estimate of drug-likeness (QED) is 0.749. The molecule has 7 nitrogen and oxygen atoms in total. The van der Waals surface area contributed by atoms with Gasteiger partial charge in [-0.15, -0.1) is 0 Å². The highest BCUT2D eigenvalue weighted by Crippen LogP contribution is 2.30. The maximum absolute atomic E-state index is 13.0. The molecule has 1 N–H and O–H groups in total. The summed E-state index contributed by atoms with van der Waals surface area (Å²) in [7, 11) is 0. The van der Waals surface area contributed by atoms with Crippen LogP contribution in [0, 0.1) is 0 Å². The molecule has 1 saturated heterocycles. The summed E-state index contributed by atoms with van der Waals surface area (Å²) in [6.45, 7) is 2.52. The fourth-order valence-corrected chi connectivity index (χ4v) is 5.63. The second-order valence-electron chi connectivity index (χ2n) is 8.55. The summed E-state index contributed by atoms with van der Waals surface area (Å²) in [5.74, 6) is -0.515. The van der Waals surface area contributed by atoms with E-state index in [1.54, 1.807) is 29.2 Å². The molecule has 8 heteroatoms. The molecule has 0 spiro atoms. The summed E-state index contributed by atoms with van der Waals surface area (Å²) in [4.78, 5) is 45.9. The van der Waals surface area contributed by atoms with E-state index >= 15 is 0 Å². The van der Waals surface area contributed by atoms with Crippen molar-refractivity contribution >= 4 is 46.0 Å². The molecule has 5 rings (SSSR count). The molecule has 33 heavy (non-hydrogen) atoms. The Morgan fingerprint density at radius 1 is 1.00 bits per heavy atom. The Hall–Kier alpha value is -3.13. The van der Waals surface area contributed by atoms with Crippen LogP contribution in [0.5, 0.6) is 0 Å². The first kappa shape index (κ1) is 21.7. The molecule has 170 valence electrons. The van der Waals surface area contributed by atoms with Gasteiger partial charge in [0.15, 0.2) is 5.17 Å². The average Bonchev–Trinajstić information content (AvgIpc) is 3.43. The molecule has 2 aromatic carbocycles. The molecule has 3 aliphatic heterocycles. The van der Waals surface area contributed by atoms with E-state index in [-0.39, 0.29) is 24.1 Å². The van der Waals surface area contributed by atoms with Gasteiger partial charge in [-0.25, -0.2) is 0 Å². The minimum atomic E-state index is -0.474. The van der Waals surface area contributed by atoms with Crippen molar-refractivity contribution in [1.29, 1.82) is 0 Å². The van der Waals surface area contributed by atoms with Gasteiger partial charge < -0.3 is 15.1 Å². The number of carbonyl (C=O) groups excluding carboxylic acids is 3. The van der Waals surface area contributed by atoms with Crippen molar-refractivity contribution in [3.05, 3.63) is 59.7 Å². The number of hydrogen-bond acceptors (Lipinski definition) is 5. The van der Waals surface area contributed by atoms with E-state index < -0.39 is 5.25 Å². The van der Waals surface area contributed by atoms with Gasteiger partial charge in [0.25, 0.3) is 11.8 Å². The number of piperidine rings is 1. The number of rotatable bonds is 4. The number of nitrogens with one attached hydrogen (secondary N) is 1. The molecular formula is C25H26N4O3S. The molecule has 3 aliphatic rings. The van der Waals surface area contributed by atoms with Crippen LogP contribution in [0.2, 0.25) is 0 Å². The third kappa shape index (κ3) is 4.66. The van der Waals surface area contributed by atoms with Crippen LogP contribution in [0.1, 0.15) is 41.6 Å². The van der Waals surface area contributed by atoms with Gasteiger partial charge in [-0.1, -0.05) is 30.0 Å². The number of amidine groups is 1. The molecule has 0 aromatic heterocycles. The van der Waals surface area contributed by atoms with Gasteiger partial charge in [0.2, 0.25) is 5.91 Å². The van der Waals surface area contributed by atoms with Gasteiger partial charge in [0, 0.05) is 43.0 Å². The van der Waals surface area contributed by atoms with Crippen molar-refractivity contribution in [3.63, 3.8) is 0 Å². The second-order valence-corrected chi connectivity index (χ2v) is 9.72. The van der Waals surface area contributed by atoms with Crippen molar-refractivity contribution in [2.45, 2.75) is 37.4 Å². The zero-order valence-electron chi connectivity index (χ0n) is 18.3. The molecule has 0 radical (unpaired) electrons. The standard InChI is InChI=1S/C25H26N4O3S/c30-22(16-21-23(31)27-25(33-21)28-13-4-1-5-14-28)26-19-10-8-18(9-11-19)24(32)29-15-12-17-6-2-3-7-20(17)29/h2-3,6-11,21H,1,4-5,12-16H2,(H,26,30). The highest BCUT2D eigenvalue weighted by Gasteiger charge is 2.33. The molecule has 1 atom stereocenters. The van der Waals surface area contributed by atoms with Crippen molar-refractivity contribution < 1.29 is 14.4 Å². The predicted octanol–water partition coefficient (Wildman–Crippen LogP) is 3.70. The van der Waals surface area contributed by atoms with Crippen LogP contribution in [0.15, 0.2) is 53.5 Å². The Morgan fingerprint density at radius 3 is 2.55 bits per heavy atom. The Kier molecular flexibility index (Phi) is 6.17. The maximum atomic E-state index is 13.0. The molecule has 0 aliphatic carbocycles. The normalized spacial score (nSPS) is 19.9. The maximum Gasteiger partial charge on any atom is 0.262 e. The fraction of sp³-hybridized carbons (Fsp3) is 0.360. The van der Waals surface area contributed by atoms with Gasteiger partial charge in [-0.2, -0.15) is 4.99 Å². The monoisotopic (exact) mass is 462 g/mol. The smallest absolute Gasteiger partial charge is 0.262 e. The molecule has 3 amide bonds. The molecule has 3 heterocycles. The molecule has 2 aromatic rings. The van der Waals surface area contributed by atoms with Crippen LogP contribution in [-0.2, 0) is 16.0 Å². The van der Waals surface area contributed by atoms with Crippen molar-refractivity contribution in [2.24, 2.45) is 4.99 Å². The topological polar surface area (TPSA) is 82.1 Å².